The molecule has 66 heavy (non-hydrogen) atoms. The molecule has 3 N–H and O–H groups in total. The molecule has 3 aliphatic heterocycles. The second-order valence-corrected chi connectivity index (χ2v) is 15.7. The van der Waals surface area contributed by atoms with E-state index in [-0.39, 0.29) is 30.6 Å². The lowest BCUT2D eigenvalue weighted by Gasteiger charge is -2.34. The van der Waals surface area contributed by atoms with Gasteiger partial charge in [0.25, 0.3) is 11.8 Å². The van der Waals surface area contributed by atoms with Crippen LogP contribution in [-0.4, -0.2) is 155 Å². The van der Waals surface area contributed by atoms with E-state index in [1.54, 1.807) is 38.6 Å². The SMILES string of the molecule is CCC1CN(c2ccc(-c3ccnc(Cc4cc(OC)c(OC)c(OCCOCCOCCOCCOCCNc5cccc6c5C(=O)N(C5CCC(=O)NC5=O)C6=O)c4)n3)cn2)CCN1. The number of imide groups is 2. The molecule has 2 saturated heterocycles. The summed E-state index contributed by atoms with van der Waals surface area (Å²) in [6, 6.07) is 14.2. The summed E-state index contributed by atoms with van der Waals surface area (Å²) in [5.41, 5.74) is 3.49. The van der Waals surface area contributed by atoms with Crippen molar-refractivity contribution in [1.82, 2.24) is 30.5 Å². The minimum Gasteiger partial charge on any atom is -0.493 e. The third-order valence-electron chi connectivity index (χ3n) is 11.3. The van der Waals surface area contributed by atoms with Crippen molar-refractivity contribution >= 4 is 35.1 Å². The van der Waals surface area contributed by atoms with Gasteiger partial charge in [-0.3, -0.25) is 29.4 Å². The smallest absolute Gasteiger partial charge is 0.264 e. The number of pyridine rings is 1. The topological polar surface area (TPSA) is 214 Å². The van der Waals surface area contributed by atoms with Crippen molar-refractivity contribution < 1.29 is 52.3 Å². The van der Waals surface area contributed by atoms with Crippen LogP contribution in [0.3, 0.4) is 0 Å². The van der Waals surface area contributed by atoms with Gasteiger partial charge in [-0.2, -0.15) is 0 Å². The van der Waals surface area contributed by atoms with Gasteiger partial charge in [0.1, 0.15) is 24.3 Å². The third-order valence-corrected chi connectivity index (χ3v) is 11.3. The number of aromatic nitrogens is 3. The Labute approximate surface area is 383 Å². The van der Waals surface area contributed by atoms with Crippen molar-refractivity contribution in [2.45, 2.75) is 44.7 Å². The zero-order chi connectivity index (χ0) is 46.3. The second kappa shape index (κ2) is 23.8. The van der Waals surface area contributed by atoms with Crippen LogP contribution in [-0.2, 0) is 35.0 Å². The maximum Gasteiger partial charge on any atom is 0.264 e. The van der Waals surface area contributed by atoms with Crippen LogP contribution >= 0.6 is 0 Å². The van der Waals surface area contributed by atoms with Gasteiger partial charge in [-0.25, -0.2) is 15.0 Å². The number of benzene rings is 2. The van der Waals surface area contributed by atoms with Crippen molar-refractivity contribution in [3.63, 3.8) is 0 Å². The molecule has 3 aliphatic rings. The summed E-state index contributed by atoms with van der Waals surface area (Å²) < 4.78 is 40.0. The molecule has 0 saturated carbocycles. The summed E-state index contributed by atoms with van der Waals surface area (Å²) in [4.78, 5) is 67.6. The Bertz CT molecular complexity index is 2300. The maximum atomic E-state index is 13.2. The van der Waals surface area contributed by atoms with Gasteiger partial charge in [-0.15, -0.1) is 0 Å². The normalized spacial score (nSPS) is 17.2. The number of carbonyl (C=O) groups is 4. The molecule has 2 atom stereocenters. The average molecular weight is 911 g/mol. The van der Waals surface area contributed by atoms with Gasteiger partial charge in [0.05, 0.1) is 83.9 Å². The number of ether oxygens (including phenoxy) is 7. The Morgan fingerprint density at radius 2 is 1.56 bits per heavy atom. The molecule has 7 rings (SSSR count). The highest BCUT2D eigenvalue weighted by Crippen LogP contribution is 2.39. The van der Waals surface area contributed by atoms with Gasteiger partial charge in [-0.1, -0.05) is 13.0 Å². The molecule has 0 aliphatic carbocycles. The zero-order valence-corrected chi connectivity index (χ0v) is 37.7. The molecule has 0 spiro atoms. The van der Waals surface area contributed by atoms with E-state index >= 15 is 0 Å². The molecular weight excluding hydrogens is 853 g/mol. The number of anilines is 2. The van der Waals surface area contributed by atoms with E-state index in [2.05, 4.69) is 44.9 Å². The summed E-state index contributed by atoms with van der Waals surface area (Å²) in [6.45, 7) is 8.56. The second-order valence-electron chi connectivity index (χ2n) is 15.7. The maximum absolute atomic E-state index is 13.2. The van der Waals surface area contributed by atoms with Crippen molar-refractivity contribution in [3.8, 4) is 28.5 Å². The van der Waals surface area contributed by atoms with E-state index in [1.807, 2.05) is 24.4 Å². The quantitative estimate of drug-likeness (QED) is 0.0643. The van der Waals surface area contributed by atoms with Crippen molar-refractivity contribution in [1.29, 1.82) is 0 Å². The molecule has 2 aromatic carbocycles. The minimum absolute atomic E-state index is 0.0585. The molecule has 5 heterocycles. The van der Waals surface area contributed by atoms with Crippen LogP contribution in [0, 0.1) is 0 Å². The molecule has 2 aromatic heterocycles. The van der Waals surface area contributed by atoms with Crippen LogP contribution in [0.15, 0.2) is 60.9 Å². The first-order valence-corrected chi connectivity index (χ1v) is 22.3. The first-order valence-electron chi connectivity index (χ1n) is 22.3. The number of rotatable bonds is 25. The highest BCUT2D eigenvalue weighted by molar-refractivity contribution is 6.25. The van der Waals surface area contributed by atoms with Gasteiger partial charge in [0.2, 0.25) is 17.6 Å². The van der Waals surface area contributed by atoms with Gasteiger partial charge in [0, 0.05) is 68.7 Å². The van der Waals surface area contributed by atoms with Crippen LogP contribution in [0.5, 0.6) is 17.2 Å². The summed E-state index contributed by atoms with van der Waals surface area (Å²) in [7, 11) is 3.15. The lowest BCUT2D eigenvalue weighted by molar-refractivity contribution is -0.136. The van der Waals surface area contributed by atoms with Crippen molar-refractivity contribution in [2.24, 2.45) is 0 Å². The van der Waals surface area contributed by atoms with E-state index < -0.39 is 29.7 Å². The molecule has 2 unspecified atom stereocenters. The highest BCUT2D eigenvalue weighted by Gasteiger charge is 2.45. The van der Waals surface area contributed by atoms with Gasteiger partial charge >= 0.3 is 0 Å². The molecule has 4 aromatic rings. The predicted molar refractivity (Wildman–Crippen MR) is 242 cm³/mol. The molecule has 2 fully saturated rings. The van der Waals surface area contributed by atoms with Crippen molar-refractivity contribution in [2.75, 3.05) is 110 Å². The number of hydrogen-bond acceptors (Lipinski definition) is 17. The Balaban J connectivity index is 0.752. The van der Waals surface area contributed by atoms with Gasteiger partial charge in [-0.05, 0) is 60.9 Å². The number of methoxy groups -OCH3 is 2. The minimum atomic E-state index is -1.02. The molecule has 4 amide bonds. The number of hydrogen-bond donors (Lipinski definition) is 3. The number of nitrogens with zero attached hydrogens (tertiary/aromatic N) is 5. The third kappa shape index (κ3) is 12.1. The molecule has 19 heteroatoms. The van der Waals surface area contributed by atoms with E-state index in [0.717, 1.165) is 53.6 Å². The Kier molecular flexibility index (Phi) is 17.2. The first-order chi connectivity index (χ1) is 32.3. The van der Waals surface area contributed by atoms with Crippen LogP contribution in [0.4, 0.5) is 11.5 Å². The molecule has 0 bridgehead atoms. The highest BCUT2D eigenvalue weighted by atomic mass is 16.6. The standard InChI is InChI=1S/C47H58N8O11/c1-4-33-30-54(16-14-48-33)41-10-8-32(29-51-41)35-12-13-50-40(52-35)28-31-26-38(60-2)44(61-3)39(27-31)66-25-24-65-23-22-64-21-20-63-19-18-62-17-15-49-36-7-5-6-34-43(36)47(59)55(46(34)58)37-9-11-42(56)53-45(37)57/h5-8,10,12-13,26-27,29,33,37,48-49H,4,9,11,14-25,28,30H2,1-3H3,(H,53,56,57). The number of amides is 4. The molecule has 352 valence electrons. The number of fused-ring (bicyclic) bond motifs is 1. The van der Waals surface area contributed by atoms with Gasteiger partial charge in [0.15, 0.2) is 11.5 Å². The number of nitrogens with one attached hydrogen (secondary N) is 3. The number of piperazine rings is 1. The fourth-order valence-electron chi connectivity index (χ4n) is 7.94. The van der Waals surface area contributed by atoms with E-state index in [1.165, 1.54) is 0 Å². The largest absolute Gasteiger partial charge is 0.493 e. The fraction of sp³-hybridized carbons (Fsp3) is 0.468. The lowest BCUT2D eigenvalue weighted by atomic mass is 10.0. The number of piperidine rings is 1. The van der Waals surface area contributed by atoms with Gasteiger partial charge < -0.3 is 48.7 Å². The number of carbonyl (C=O) groups excluding carboxylic acids is 4. The fourth-order valence-corrected chi connectivity index (χ4v) is 7.94. The average Bonchev–Trinajstić information content (AvgIpc) is 3.59. The first kappa shape index (κ1) is 47.7. The van der Waals surface area contributed by atoms with Crippen LogP contribution < -0.4 is 35.1 Å². The van der Waals surface area contributed by atoms with E-state index in [9.17, 15) is 19.2 Å². The Morgan fingerprint density at radius 1 is 0.818 bits per heavy atom. The summed E-state index contributed by atoms with van der Waals surface area (Å²) in [5, 5.41) is 8.90. The van der Waals surface area contributed by atoms with Crippen LogP contribution in [0.1, 0.15) is 58.3 Å². The Morgan fingerprint density at radius 3 is 2.26 bits per heavy atom. The predicted octanol–water partition coefficient (Wildman–Crippen LogP) is 3.29. The summed E-state index contributed by atoms with van der Waals surface area (Å²) in [5.74, 6) is 0.959. The zero-order valence-electron chi connectivity index (χ0n) is 37.7. The molecular formula is C47H58N8O11. The summed E-state index contributed by atoms with van der Waals surface area (Å²) in [6.07, 6.45) is 5.31. The van der Waals surface area contributed by atoms with Crippen LogP contribution in [0.25, 0.3) is 11.3 Å². The molecule has 0 radical (unpaired) electrons. The van der Waals surface area contributed by atoms with Crippen molar-refractivity contribution in [3.05, 3.63) is 83.4 Å². The summed E-state index contributed by atoms with van der Waals surface area (Å²) >= 11 is 0. The van der Waals surface area contributed by atoms with Crippen LogP contribution in [0.2, 0.25) is 0 Å². The lowest BCUT2D eigenvalue weighted by Crippen LogP contribution is -2.54. The Hall–Kier alpha value is -6.25. The van der Waals surface area contributed by atoms with E-state index in [4.69, 9.17) is 43.1 Å². The molecule has 19 nitrogen and oxygen atoms in total. The monoisotopic (exact) mass is 910 g/mol. The van der Waals surface area contributed by atoms with E-state index in [0.29, 0.717) is 101 Å².